The van der Waals surface area contributed by atoms with Crippen molar-refractivity contribution in [3.63, 3.8) is 0 Å². The molecule has 194 valence electrons. The maximum atomic E-state index is 13.5. The summed E-state index contributed by atoms with van der Waals surface area (Å²) in [4.78, 5) is 18.0. The zero-order valence-corrected chi connectivity index (χ0v) is 21.9. The molecule has 2 aliphatic rings. The number of amides is 1. The van der Waals surface area contributed by atoms with Crippen LogP contribution in [0.3, 0.4) is 0 Å². The number of hydrogen-bond donors (Lipinski definition) is 0. The van der Waals surface area contributed by atoms with Gasteiger partial charge in [-0.1, -0.05) is 74.9 Å². The first kappa shape index (κ1) is 25.5. The molecule has 37 heavy (non-hydrogen) atoms. The Morgan fingerprint density at radius 3 is 1.73 bits per heavy atom. The van der Waals surface area contributed by atoms with Gasteiger partial charge in [-0.15, -0.1) is 0 Å². The van der Waals surface area contributed by atoms with Crippen LogP contribution in [-0.4, -0.2) is 36.0 Å². The molecule has 0 N–H and O–H groups in total. The molecule has 2 aliphatic carbocycles. The smallest absolute Gasteiger partial charge is 0.262 e. The second kappa shape index (κ2) is 12.9. The zero-order valence-electron chi connectivity index (χ0n) is 21.9. The van der Waals surface area contributed by atoms with E-state index in [-0.39, 0.29) is 5.91 Å². The first-order valence-electron chi connectivity index (χ1n) is 14.2. The lowest BCUT2D eigenvalue weighted by Gasteiger charge is -2.41. The highest BCUT2D eigenvalue weighted by atomic mass is 16.5. The van der Waals surface area contributed by atoms with E-state index in [4.69, 9.17) is 4.74 Å². The Labute approximate surface area is 222 Å². The van der Waals surface area contributed by atoms with Gasteiger partial charge in [-0.25, -0.2) is 0 Å². The van der Waals surface area contributed by atoms with Crippen molar-refractivity contribution in [1.82, 2.24) is 4.90 Å². The molecule has 0 spiro atoms. The molecule has 0 atom stereocenters. The molecule has 3 aromatic rings. The van der Waals surface area contributed by atoms with Crippen LogP contribution in [0.25, 0.3) is 0 Å². The third-order valence-electron chi connectivity index (χ3n) is 8.04. The van der Waals surface area contributed by atoms with Crippen LogP contribution in [0, 0.1) is 0 Å². The Hall–Kier alpha value is -3.11. The van der Waals surface area contributed by atoms with Crippen molar-refractivity contribution in [2.24, 2.45) is 0 Å². The molecule has 2 saturated carbocycles. The van der Waals surface area contributed by atoms with Gasteiger partial charge in [0.25, 0.3) is 5.91 Å². The van der Waals surface area contributed by atoms with Crippen LogP contribution in [0.15, 0.2) is 84.9 Å². The van der Waals surface area contributed by atoms with Crippen LogP contribution < -0.4 is 9.64 Å². The van der Waals surface area contributed by atoms with Crippen molar-refractivity contribution in [1.29, 1.82) is 0 Å². The predicted octanol–water partition coefficient (Wildman–Crippen LogP) is 8.01. The topological polar surface area (TPSA) is 32.8 Å². The number of nitrogens with zero attached hydrogens (tertiary/aromatic N) is 2. The fourth-order valence-corrected chi connectivity index (χ4v) is 6.12. The second-order valence-corrected chi connectivity index (χ2v) is 10.5. The lowest BCUT2D eigenvalue weighted by atomic mass is 9.88. The molecular formula is C33H40N2O2. The molecule has 4 nitrogen and oxygen atoms in total. The van der Waals surface area contributed by atoms with Crippen LogP contribution in [0.2, 0.25) is 0 Å². The van der Waals surface area contributed by atoms with Crippen LogP contribution in [0.1, 0.15) is 74.6 Å². The Bertz CT molecular complexity index is 1070. The molecule has 0 aromatic heterocycles. The largest absolute Gasteiger partial charge is 0.492 e. The average molecular weight is 497 g/mol. The van der Waals surface area contributed by atoms with Gasteiger partial charge < -0.3 is 4.74 Å². The maximum Gasteiger partial charge on any atom is 0.262 e. The summed E-state index contributed by atoms with van der Waals surface area (Å²) in [7, 11) is 0. The first-order chi connectivity index (χ1) is 18.3. The molecule has 5 rings (SSSR count). The minimum atomic E-state index is -0.0453. The molecule has 0 heterocycles. The normalized spacial score (nSPS) is 17.0. The Kier molecular flexibility index (Phi) is 8.91. The number of benzene rings is 3. The van der Waals surface area contributed by atoms with E-state index in [1.165, 1.54) is 64.2 Å². The van der Waals surface area contributed by atoms with Crippen LogP contribution in [0.5, 0.6) is 5.75 Å². The van der Waals surface area contributed by atoms with E-state index in [9.17, 15) is 4.79 Å². The Morgan fingerprint density at radius 1 is 0.649 bits per heavy atom. The minimum absolute atomic E-state index is 0.0453. The lowest BCUT2D eigenvalue weighted by molar-refractivity contribution is 0.0660. The minimum Gasteiger partial charge on any atom is -0.492 e. The number of rotatable bonds is 9. The second-order valence-electron chi connectivity index (χ2n) is 10.5. The molecular weight excluding hydrogens is 456 g/mol. The van der Waals surface area contributed by atoms with Crippen molar-refractivity contribution >= 4 is 17.3 Å². The number of ether oxygens (including phenoxy) is 1. The monoisotopic (exact) mass is 496 g/mol. The molecule has 0 saturated heterocycles. The van der Waals surface area contributed by atoms with Gasteiger partial charge in [0.15, 0.2) is 0 Å². The van der Waals surface area contributed by atoms with Gasteiger partial charge in [-0.3, -0.25) is 14.6 Å². The van der Waals surface area contributed by atoms with Gasteiger partial charge >= 0.3 is 0 Å². The SMILES string of the molecule is O=C(c1ccccc1)N(c1ccccc1)c1ccc(OCCN(C2CCCCC2)C2CCCCC2)cc1. The van der Waals surface area contributed by atoms with E-state index >= 15 is 0 Å². The van der Waals surface area contributed by atoms with Crippen molar-refractivity contribution in [2.75, 3.05) is 18.1 Å². The van der Waals surface area contributed by atoms with Crippen LogP contribution >= 0.6 is 0 Å². The average Bonchev–Trinajstić information content (AvgIpc) is 2.98. The summed E-state index contributed by atoms with van der Waals surface area (Å²) in [6.45, 7) is 1.71. The fourth-order valence-electron chi connectivity index (χ4n) is 6.12. The highest BCUT2D eigenvalue weighted by Crippen LogP contribution is 2.31. The summed E-state index contributed by atoms with van der Waals surface area (Å²) in [6, 6.07) is 28.7. The number of hydrogen-bond acceptors (Lipinski definition) is 3. The molecule has 0 bridgehead atoms. The van der Waals surface area contributed by atoms with Crippen LogP contribution in [0.4, 0.5) is 11.4 Å². The molecule has 0 radical (unpaired) electrons. The highest BCUT2D eigenvalue weighted by Gasteiger charge is 2.28. The van der Waals surface area contributed by atoms with E-state index in [0.29, 0.717) is 12.2 Å². The highest BCUT2D eigenvalue weighted by molar-refractivity contribution is 6.10. The molecule has 2 fully saturated rings. The molecule has 0 unspecified atom stereocenters. The quantitative estimate of drug-likeness (QED) is 0.301. The van der Waals surface area contributed by atoms with E-state index in [0.717, 1.165) is 35.8 Å². The first-order valence-corrected chi connectivity index (χ1v) is 14.2. The summed E-state index contributed by atoms with van der Waals surface area (Å²) >= 11 is 0. The summed E-state index contributed by atoms with van der Waals surface area (Å²) in [6.07, 6.45) is 13.6. The standard InChI is InChI=1S/C33H40N2O2/c36-33(27-13-5-1-6-14-27)35(30-19-11-4-12-20-30)31-21-23-32(24-22-31)37-26-25-34(28-15-7-2-8-16-28)29-17-9-3-10-18-29/h1,4-6,11-14,19-24,28-29H,2-3,7-10,15-18,25-26H2. The fraction of sp³-hybridized carbons (Fsp3) is 0.424. The molecule has 0 aliphatic heterocycles. The van der Waals surface area contributed by atoms with Crippen molar-refractivity contribution < 1.29 is 9.53 Å². The van der Waals surface area contributed by atoms with Gasteiger partial charge in [-0.05, 0) is 74.2 Å². The third kappa shape index (κ3) is 6.61. The zero-order chi connectivity index (χ0) is 25.3. The van der Waals surface area contributed by atoms with Crippen molar-refractivity contribution in [2.45, 2.75) is 76.3 Å². The summed E-state index contributed by atoms with van der Waals surface area (Å²) in [5, 5.41) is 0. The Morgan fingerprint density at radius 2 is 1.16 bits per heavy atom. The van der Waals surface area contributed by atoms with Gasteiger partial charge in [-0.2, -0.15) is 0 Å². The number of para-hydroxylation sites is 1. The van der Waals surface area contributed by atoms with E-state index in [1.807, 2.05) is 84.9 Å². The van der Waals surface area contributed by atoms with Gasteiger partial charge in [0.05, 0.1) is 0 Å². The number of carbonyl (C=O) groups is 1. The molecule has 4 heteroatoms. The number of carbonyl (C=O) groups excluding carboxylic acids is 1. The molecule has 3 aromatic carbocycles. The maximum absolute atomic E-state index is 13.5. The van der Waals surface area contributed by atoms with Gasteiger partial charge in [0.2, 0.25) is 0 Å². The summed E-state index contributed by atoms with van der Waals surface area (Å²) in [5.74, 6) is 0.812. The van der Waals surface area contributed by atoms with E-state index in [1.54, 1.807) is 4.90 Å². The lowest BCUT2D eigenvalue weighted by Crippen LogP contribution is -2.47. The predicted molar refractivity (Wildman–Crippen MR) is 152 cm³/mol. The van der Waals surface area contributed by atoms with Gasteiger partial charge in [0, 0.05) is 35.6 Å². The van der Waals surface area contributed by atoms with E-state index in [2.05, 4.69) is 4.90 Å². The number of anilines is 2. The van der Waals surface area contributed by atoms with E-state index < -0.39 is 0 Å². The van der Waals surface area contributed by atoms with Crippen LogP contribution in [-0.2, 0) is 0 Å². The summed E-state index contributed by atoms with van der Waals surface area (Å²) in [5.41, 5.74) is 2.34. The van der Waals surface area contributed by atoms with Gasteiger partial charge in [0.1, 0.15) is 12.4 Å². The Balaban J connectivity index is 1.26. The molecule has 1 amide bonds. The van der Waals surface area contributed by atoms with Crippen molar-refractivity contribution in [3.05, 3.63) is 90.5 Å². The third-order valence-corrected chi connectivity index (χ3v) is 8.04. The summed E-state index contributed by atoms with van der Waals surface area (Å²) < 4.78 is 6.26. The van der Waals surface area contributed by atoms with Crippen molar-refractivity contribution in [3.8, 4) is 5.75 Å².